The van der Waals surface area contributed by atoms with Crippen LogP contribution in [0.4, 0.5) is 13.2 Å². The number of Topliss-reactive ketones (excluding diaryl/α,β-unsaturated/α-hetero) is 1. The zero-order chi connectivity index (χ0) is 13.9. The highest BCUT2D eigenvalue weighted by atomic mass is 19.4. The molecule has 1 unspecified atom stereocenters. The van der Waals surface area contributed by atoms with Crippen LogP contribution in [0.25, 0.3) is 0 Å². The molecule has 110 valence electrons. The maximum atomic E-state index is 11.9. The van der Waals surface area contributed by atoms with E-state index in [0.29, 0.717) is 19.4 Å². The molecular formula is C13H19F3O3. The Kier molecular flexibility index (Phi) is 4.50. The Hall–Kier alpha value is -0.620. The maximum Gasteiger partial charge on any atom is 0.411 e. The summed E-state index contributed by atoms with van der Waals surface area (Å²) in [5.41, 5.74) is -0.192. The lowest BCUT2D eigenvalue weighted by Crippen LogP contribution is -2.40. The molecule has 6 heteroatoms. The van der Waals surface area contributed by atoms with Crippen molar-refractivity contribution in [2.45, 2.75) is 50.3 Å². The fourth-order valence-electron chi connectivity index (χ4n) is 3.06. The highest BCUT2D eigenvalue weighted by Gasteiger charge is 2.41. The van der Waals surface area contributed by atoms with Gasteiger partial charge in [0.15, 0.2) is 5.78 Å². The third kappa shape index (κ3) is 4.18. The highest BCUT2D eigenvalue weighted by Crippen LogP contribution is 2.42. The lowest BCUT2D eigenvalue weighted by Gasteiger charge is -2.37. The van der Waals surface area contributed by atoms with Gasteiger partial charge in [-0.3, -0.25) is 4.79 Å². The first-order valence-corrected chi connectivity index (χ1v) is 6.71. The van der Waals surface area contributed by atoms with Crippen molar-refractivity contribution in [3.8, 4) is 0 Å². The molecule has 2 rings (SSSR count). The van der Waals surface area contributed by atoms with Gasteiger partial charge in [-0.2, -0.15) is 13.2 Å². The lowest BCUT2D eigenvalue weighted by atomic mass is 9.82. The number of hydrogen-bond acceptors (Lipinski definition) is 3. The minimum atomic E-state index is -4.37. The van der Waals surface area contributed by atoms with Crippen molar-refractivity contribution < 1.29 is 27.4 Å². The van der Waals surface area contributed by atoms with Crippen LogP contribution in [0.5, 0.6) is 0 Å². The second-order valence-electron chi connectivity index (χ2n) is 5.50. The van der Waals surface area contributed by atoms with Crippen LogP contribution in [0, 0.1) is 5.92 Å². The third-order valence-electron chi connectivity index (χ3n) is 3.97. The van der Waals surface area contributed by atoms with Gasteiger partial charge in [0.2, 0.25) is 0 Å². The van der Waals surface area contributed by atoms with Crippen LogP contribution in [0.1, 0.15) is 38.5 Å². The van der Waals surface area contributed by atoms with Crippen LogP contribution in [0.3, 0.4) is 0 Å². The van der Waals surface area contributed by atoms with Gasteiger partial charge in [0.25, 0.3) is 0 Å². The van der Waals surface area contributed by atoms with Crippen LogP contribution in [-0.2, 0) is 14.3 Å². The van der Waals surface area contributed by atoms with E-state index in [-0.39, 0.29) is 17.3 Å². The average Bonchev–Trinajstić information content (AvgIpc) is 2.75. The van der Waals surface area contributed by atoms with Crippen molar-refractivity contribution in [1.29, 1.82) is 0 Å². The monoisotopic (exact) mass is 280 g/mol. The number of ketones is 1. The number of ether oxygens (including phenoxy) is 2. The molecule has 0 amide bonds. The van der Waals surface area contributed by atoms with Gasteiger partial charge in [0.1, 0.15) is 13.2 Å². The number of halogens is 3. The first kappa shape index (κ1) is 14.8. The lowest BCUT2D eigenvalue weighted by molar-refractivity contribution is -0.177. The molecule has 0 N–H and O–H groups in total. The quantitative estimate of drug-likeness (QED) is 0.794. The molecule has 1 saturated heterocycles. The third-order valence-corrected chi connectivity index (χ3v) is 3.97. The van der Waals surface area contributed by atoms with Crippen molar-refractivity contribution >= 4 is 5.78 Å². The van der Waals surface area contributed by atoms with E-state index >= 15 is 0 Å². The van der Waals surface area contributed by atoms with E-state index in [4.69, 9.17) is 4.74 Å². The molecule has 1 atom stereocenters. The van der Waals surface area contributed by atoms with Gasteiger partial charge < -0.3 is 9.47 Å². The molecule has 1 spiro atoms. The Balaban J connectivity index is 1.79. The smallest absolute Gasteiger partial charge is 0.375 e. The minimum absolute atomic E-state index is 0.192. The van der Waals surface area contributed by atoms with Crippen LogP contribution in [-0.4, -0.2) is 37.4 Å². The zero-order valence-electron chi connectivity index (χ0n) is 10.8. The van der Waals surface area contributed by atoms with E-state index in [2.05, 4.69) is 4.74 Å². The van der Waals surface area contributed by atoms with Crippen LogP contribution < -0.4 is 0 Å². The van der Waals surface area contributed by atoms with E-state index in [1.54, 1.807) is 0 Å². The Morgan fingerprint density at radius 2 is 2.00 bits per heavy atom. The Morgan fingerprint density at radius 3 is 2.63 bits per heavy atom. The number of carbonyl (C=O) groups excluding carboxylic acids is 1. The molecule has 1 aliphatic carbocycles. The van der Waals surface area contributed by atoms with Gasteiger partial charge in [-0.15, -0.1) is 0 Å². The van der Waals surface area contributed by atoms with Crippen molar-refractivity contribution in [3.05, 3.63) is 0 Å². The van der Waals surface area contributed by atoms with Crippen LogP contribution in [0.2, 0.25) is 0 Å². The van der Waals surface area contributed by atoms with E-state index in [1.807, 2.05) is 0 Å². The minimum Gasteiger partial charge on any atom is -0.375 e. The Labute approximate surface area is 110 Å². The molecule has 0 aromatic heterocycles. The second kappa shape index (κ2) is 5.79. The van der Waals surface area contributed by atoms with Crippen LogP contribution in [0.15, 0.2) is 0 Å². The molecule has 3 nitrogen and oxygen atoms in total. The summed E-state index contributed by atoms with van der Waals surface area (Å²) < 4.78 is 46.0. The van der Waals surface area contributed by atoms with E-state index in [1.165, 1.54) is 0 Å². The summed E-state index contributed by atoms with van der Waals surface area (Å²) in [6.45, 7) is -1.27. The largest absolute Gasteiger partial charge is 0.411 e. The summed E-state index contributed by atoms with van der Waals surface area (Å²) in [5, 5.41) is 0. The van der Waals surface area contributed by atoms with Gasteiger partial charge in [-0.05, 0) is 25.7 Å². The molecule has 2 fully saturated rings. The van der Waals surface area contributed by atoms with Crippen molar-refractivity contribution in [2.24, 2.45) is 5.92 Å². The summed E-state index contributed by atoms with van der Waals surface area (Å²) in [6, 6.07) is 0. The van der Waals surface area contributed by atoms with Crippen LogP contribution >= 0.6 is 0 Å². The summed E-state index contributed by atoms with van der Waals surface area (Å²) >= 11 is 0. The fraction of sp³-hybridized carbons (Fsp3) is 0.923. The molecule has 0 radical (unpaired) electrons. The number of alkyl halides is 3. The summed E-state index contributed by atoms with van der Waals surface area (Å²) in [4.78, 5) is 11.9. The van der Waals surface area contributed by atoms with Gasteiger partial charge >= 0.3 is 6.18 Å². The molecule has 0 aromatic carbocycles. The normalized spacial score (nSPS) is 26.8. The topological polar surface area (TPSA) is 35.5 Å². The van der Waals surface area contributed by atoms with Gasteiger partial charge in [-0.25, -0.2) is 0 Å². The summed E-state index contributed by atoms with van der Waals surface area (Å²) in [5.74, 6) is -0.432. The maximum absolute atomic E-state index is 11.9. The predicted octanol–water partition coefficient (Wildman–Crippen LogP) is 2.87. The molecule has 1 heterocycles. The highest BCUT2D eigenvalue weighted by molar-refractivity contribution is 5.82. The first-order valence-electron chi connectivity index (χ1n) is 6.71. The van der Waals surface area contributed by atoms with Crippen molar-refractivity contribution in [3.63, 3.8) is 0 Å². The SMILES string of the molecule is O=C(COCC(F)(F)F)C1CCOC2(CCCC2)C1. The fourth-order valence-corrected chi connectivity index (χ4v) is 3.06. The number of carbonyl (C=O) groups is 1. The zero-order valence-corrected chi connectivity index (χ0v) is 10.8. The summed E-state index contributed by atoms with van der Waals surface area (Å²) in [7, 11) is 0. The Bertz CT molecular complexity index is 322. The van der Waals surface area contributed by atoms with Gasteiger partial charge in [0, 0.05) is 12.5 Å². The molecule has 0 bridgehead atoms. The molecule has 1 aliphatic heterocycles. The van der Waals surface area contributed by atoms with Crippen molar-refractivity contribution in [2.75, 3.05) is 19.8 Å². The number of hydrogen-bond donors (Lipinski definition) is 0. The first-order chi connectivity index (χ1) is 8.90. The van der Waals surface area contributed by atoms with Gasteiger partial charge in [0.05, 0.1) is 5.60 Å². The molecule has 0 aromatic rings. The molecular weight excluding hydrogens is 261 g/mol. The predicted molar refractivity (Wildman–Crippen MR) is 61.8 cm³/mol. The van der Waals surface area contributed by atoms with E-state index in [0.717, 1.165) is 25.7 Å². The average molecular weight is 280 g/mol. The molecule has 1 saturated carbocycles. The summed E-state index contributed by atoms with van der Waals surface area (Å²) in [6.07, 6.45) is 0.983. The van der Waals surface area contributed by atoms with E-state index < -0.39 is 19.4 Å². The number of rotatable bonds is 4. The Morgan fingerprint density at radius 1 is 1.32 bits per heavy atom. The molecule has 19 heavy (non-hydrogen) atoms. The standard InChI is InChI=1S/C13H19F3O3/c14-13(15,16)9-18-8-11(17)10-3-6-19-12(7-10)4-1-2-5-12/h10H,1-9H2. The van der Waals surface area contributed by atoms with E-state index in [9.17, 15) is 18.0 Å². The van der Waals surface area contributed by atoms with Crippen molar-refractivity contribution in [1.82, 2.24) is 0 Å². The van der Waals surface area contributed by atoms with Gasteiger partial charge in [-0.1, -0.05) is 12.8 Å². The molecule has 2 aliphatic rings. The second-order valence-corrected chi connectivity index (χ2v) is 5.50.